The molecule has 5 rings (SSSR count). The SMILES string of the molecule is CCc1[nH]c(=O)ccc1C(=O)N1C[C@H]2C[C@@H](C1)[C@H](Cc1ccccc1)N1CCCC[C@@H]21. The molecule has 2 aromatic rings. The van der Waals surface area contributed by atoms with E-state index in [2.05, 4.69) is 45.1 Å². The van der Waals surface area contributed by atoms with Crippen LogP contribution < -0.4 is 5.56 Å². The summed E-state index contributed by atoms with van der Waals surface area (Å²) in [5, 5.41) is 0. The van der Waals surface area contributed by atoms with Crippen molar-refractivity contribution in [1.29, 1.82) is 0 Å². The molecule has 0 saturated carbocycles. The number of rotatable bonds is 4. The molecule has 4 heterocycles. The highest BCUT2D eigenvalue weighted by Crippen LogP contribution is 2.42. The van der Waals surface area contributed by atoms with Gasteiger partial charge in [-0.05, 0) is 62.1 Å². The van der Waals surface area contributed by atoms with Crippen LogP contribution in [0.25, 0.3) is 0 Å². The minimum absolute atomic E-state index is 0.0884. The minimum atomic E-state index is -0.135. The van der Waals surface area contributed by atoms with Gasteiger partial charge in [-0.25, -0.2) is 0 Å². The molecule has 0 aliphatic carbocycles. The molecule has 3 saturated heterocycles. The molecule has 0 spiro atoms. The third-order valence-electron chi connectivity index (χ3n) is 7.78. The molecule has 3 aliphatic heterocycles. The van der Waals surface area contributed by atoms with Gasteiger partial charge in [-0.2, -0.15) is 0 Å². The smallest absolute Gasteiger partial charge is 0.255 e. The van der Waals surface area contributed by atoms with Crippen LogP contribution in [0.3, 0.4) is 0 Å². The number of hydrogen-bond donors (Lipinski definition) is 1. The average molecular weight is 420 g/mol. The first-order valence-electron chi connectivity index (χ1n) is 11.9. The van der Waals surface area contributed by atoms with Gasteiger partial charge in [-0.1, -0.05) is 43.7 Å². The Morgan fingerprint density at radius 3 is 2.68 bits per heavy atom. The summed E-state index contributed by atoms with van der Waals surface area (Å²) < 4.78 is 0. The minimum Gasteiger partial charge on any atom is -0.338 e. The van der Waals surface area contributed by atoms with Gasteiger partial charge >= 0.3 is 0 Å². The summed E-state index contributed by atoms with van der Waals surface area (Å²) in [6.45, 7) is 4.85. The van der Waals surface area contributed by atoms with E-state index >= 15 is 0 Å². The lowest BCUT2D eigenvalue weighted by Crippen LogP contribution is -2.64. The lowest BCUT2D eigenvalue weighted by Gasteiger charge is -2.57. The Labute approximate surface area is 184 Å². The van der Waals surface area contributed by atoms with E-state index in [0.717, 1.165) is 25.2 Å². The predicted octanol–water partition coefficient (Wildman–Crippen LogP) is 3.50. The van der Waals surface area contributed by atoms with Crippen LogP contribution in [-0.4, -0.2) is 52.4 Å². The number of carbonyl (C=O) groups is 1. The zero-order valence-corrected chi connectivity index (χ0v) is 18.4. The number of carbonyl (C=O) groups excluding carboxylic acids is 1. The molecular formula is C26H33N3O2. The number of H-pyrrole nitrogens is 1. The lowest BCUT2D eigenvalue weighted by molar-refractivity contribution is -0.0642. The molecule has 0 unspecified atom stereocenters. The van der Waals surface area contributed by atoms with Crippen molar-refractivity contribution in [3.05, 3.63) is 69.6 Å². The fourth-order valence-corrected chi connectivity index (χ4v) is 6.38. The van der Waals surface area contributed by atoms with Gasteiger partial charge in [0.05, 0.1) is 5.56 Å². The first-order chi connectivity index (χ1) is 15.1. The second-order valence-electron chi connectivity index (χ2n) is 9.59. The highest BCUT2D eigenvalue weighted by molar-refractivity contribution is 5.95. The van der Waals surface area contributed by atoms with Crippen molar-refractivity contribution in [3.63, 3.8) is 0 Å². The van der Waals surface area contributed by atoms with Crippen molar-refractivity contribution < 1.29 is 4.79 Å². The first-order valence-corrected chi connectivity index (χ1v) is 11.9. The van der Waals surface area contributed by atoms with E-state index in [1.165, 1.54) is 43.9 Å². The Morgan fingerprint density at radius 1 is 1.06 bits per heavy atom. The van der Waals surface area contributed by atoms with Crippen LogP contribution in [0.5, 0.6) is 0 Å². The second-order valence-corrected chi connectivity index (χ2v) is 9.59. The molecule has 2 bridgehead atoms. The van der Waals surface area contributed by atoms with Gasteiger partial charge in [0.1, 0.15) is 0 Å². The van der Waals surface area contributed by atoms with Crippen LogP contribution in [0.4, 0.5) is 0 Å². The molecule has 1 N–H and O–H groups in total. The summed E-state index contributed by atoms with van der Waals surface area (Å²) in [7, 11) is 0. The summed E-state index contributed by atoms with van der Waals surface area (Å²) >= 11 is 0. The maximum Gasteiger partial charge on any atom is 0.255 e. The van der Waals surface area contributed by atoms with E-state index < -0.39 is 0 Å². The molecule has 5 heteroatoms. The molecule has 3 fully saturated rings. The number of likely N-dealkylation sites (tertiary alicyclic amines) is 1. The van der Waals surface area contributed by atoms with E-state index in [9.17, 15) is 9.59 Å². The molecule has 5 nitrogen and oxygen atoms in total. The van der Waals surface area contributed by atoms with Crippen molar-refractivity contribution in [1.82, 2.24) is 14.8 Å². The Morgan fingerprint density at radius 2 is 1.87 bits per heavy atom. The van der Waals surface area contributed by atoms with Gasteiger partial charge in [0, 0.05) is 36.9 Å². The van der Waals surface area contributed by atoms with Crippen LogP contribution in [0.15, 0.2) is 47.3 Å². The van der Waals surface area contributed by atoms with Crippen molar-refractivity contribution in [2.24, 2.45) is 11.8 Å². The Hall–Kier alpha value is -2.40. The van der Waals surface area contributed by atoms with Gasteiger partial charge in [-0.3, -0.25) is 14.5 Å². The summed E-state index contributed by atoms with van der Waals surface area (Å²) in [5.41, 5.74) is 2.69. The molecule has 0 radical (unpaired) electrons. The van der Waals surface area contributed by atoms with Crippen LogP contribution in [0, 0.1) is 11.8 Å². The zero-order valence-electron chi connectivity index (χ0n) is 18.4. The maximum absolute atomic E-state index is 13.5. The lowest BCUT2D eigenvalue weighted by atomic mass is 9.71. The third kappa shape index (κ3) is 3.96. The molecule has 1 aromatic carbocycles. The Kier molecular flexibility index (Phi) is 5.70. The summed E-state index contributed by atoms with van der Waals surface area (Å²) in [5.74, 6) is 1.15. The van der Waals surface area contributed by atoms with Gasteiger partial charge < -0.3 is 9.88 Å². The molecular weight excluding hydrogens is 386 g/mol. The van der Waals surface area contributed by atoms with E-state index in [-0.39, 0.29) is 11.5 Å². The number of nitrogens with zero attached hydrogens (tertiary/aromatic N) is 2. The monoisotopic (exact) mass is 419 g/mol. The molecule has 164 valence electrons. The largest absolute Gasteiger partial charge is 0.338 e. The van der Waals surface area contributed by atoms with E-state index in [0.29, 0.717) is 35.9 Å². The molecule has 1 amide bonds. The van der Waals surface area contributed by atoms with Crippen molar-refractivity contribution >= 4 is 5.91 Å². The number of nitrogens with one attached hydrogen (secondary N) is 1. The van der Waals surface area contributed by atoms with Crippen LogP contribution >= 0.6 is 0 Å². The third-order valence-corrected chi connectivity index (χ3v) is 7.78. The highest BCUT2D eigenvalue weighted by Gasteiger charge is 2.47. The number of aromatic amines is 1. The highest BCUT2D eigenvalue weighted by atomic mass is 16.2. The quantitative estimate of drug-likeness (QED) is 0.825. The topological polar surface area (TPSA) is 56.4 Å². The normalized spacial score (nSPS) is 28.2. The number of piperidine rings is 3. The number of fused-ring (bicyclic) bond motifs is 4. The number of benzene rings is 1. The van der Waals surface area contributed by atoms with Gasteiger partial charge in [0.25, 0.3) is 5.91 Å². The van der Waals surface area contributed by atoms with Gasteiger partial charge in [0.15, 0.2) is 0 Å². The van der Waals surface area contributed by atoms with Crippen molar-refractivity contribution in [3.8, 4) is 0 Å². The summed E-state index contributed by atoms with van der Waals surface area (Å²) in [6.07, 6.45) is 6.80. The van der Waals surface area contributed by atoms with Crippen LogP contribution in [-0.2, 0) is 12.8 Å². The maximum atomic E-state index is 13.5. The second kappa shape index (κ2) is 8.62. The molecule has 4 atom stereocenters. The van der Waals surface area contributed by atoms with E-state index in [1.807, 2.05) is 6.92 Å². The van der Waals surface area contributed by atoms with E-state index in [1.54, 1.807) is 6.07 Å². The summed E-state index contributed by atoms with van der Waals surface area (Å²) in [6, 6.07) is 15.1. The molecule has 3 aliphatic rings. The molecule has 31 heavy (non-hydrogen) atoms. The average Bonchev–Trinajstić information content (AvgIpc) is 2.82. The summed E-state index contributed by atoms with van der Waals surface area (Å²) in [4.78, 5) is 33.0. The molecule has 1 aromatic heterocycles. The number of amides is 1. The van der Waals surface area contributed by atoms with E-state index in [4.69, 9.17) is 0 Å². The number of pyridine rings is 1. The van der Waals surface area contributed by atoms with Gasteiger partial charge in [0.2, 0.25) is 5.56 Å². The fourth-order valence-electron chi connectivity index (χ4n) is 6.38. The number of hydrogen-bond acceptors (Lipinski definition) is 3. The Balaban J connectivity index is 1.43. The number of aromatic nitrogens is 1. The van der Waals surface area contributed by atoms with Crippen molar-refractivity contribution in [2.45, 2.75) is 57.5 Å². The van der Waals surface area contributed by atoms with Crippen LogP contribution in [0.1, 0.15) is 54.2 Å². The Bertz CT molecular complexity index is 986. The van der Waals surface area contributed by atoms with Gasteiger partial charge in [-0.15, -0.1) is 0 Å². The van der Waals surface area contributed by atoms with Crippen molar-refractivity contribution in [2.75, 3.05) is 19.6 Å². The number of aryl methyl sites for hydroxylation is 1. The van der Waals surface area contributed by atoms with Crippen LogP contribution in [0.2, 0.25) is 0 Å². The standard InChI is InChI=1S/C26H33N3O2/c1-2-22-21(11-12-25(30)27-22)26(31)28-16-19-15-20(17-28)24(14-18-8-4-3-5-9-18)29-13-7-6-10-23(19)29/h3-5,8-9,11-12,19-20,23-24H,2,6-7,10,13-17H2,1H3,(H,27,30)/t19-,20+,23+,24+/m1/s1. The zero-order chi connectivity index (χ0) is 21.4. The fraction of sp³-hybridized carbons (Fsp3) is 0.538. The first kappa shape index (κ1) is 20.5. The predicted molar refractivity (Wildman–Crippen MR) is 122 cm³/mol.